The third-order valence-corrected chi connectivity index (χ3v) is 7.81. The Morgan fingerprint density at radius 2 is 0.909 bits per heavy atom. The summed E-state index contributed by atoms with van der Waals surface area (Å²) in [5.41, 5.74) is 5.38. The molecular formula is C33H17CoN9O. The average molecular weight is 614 g/mol. The molecule has 0 atom stereocenters. The first-order chi connectivity index (χ1) is 21.2. The van der Waals surface area contributed by atoms with Gasteiger partial charge in [-0.2, -0.15) is 5.26 Å². The minimum atomic E-state index is -0.184. The van der Waals surface area contributed by atoms with E-state index in [4.69, 9.17) is 29.9 Å². The molecule has 0 unspecified atom stereocenters. The van der Waals surface area contributed by atoms with E-state index in [1.54, 1.807) is 12.1 Å². The minimum absolute atomic E-state index is 0. The van der Waals surface area contributed by atoms with Gasteiger partial charge in [0.05, 0.1) is 10.9 Å². The molecule has 3 aromatic heterocycles. The number of aromatic hydroxyl groups is 1. The maximum atomic E-state index is 11.1. The molecule has 8 bridgehead atoms. The second kappa shape index (κ2) is 9.53. The number of hydrogen-bond acceptors (Lipinski definition) is 8. The van der Waals surface area contributed by atoms with E-state index >= 15 is 0 Å². The van der Waals surface area contributed by atoms with Crippen LogP contribution < -0.4 is 0 Å². The molecule has 4 aromatic carbocycles. The Balaban J connectivity index is 0.00000289. The molecule has 0 amide bonds. The molecule has 2 aliphatic rings. The van der Waals surface area contributed by atoms with Gasteiger partial charge in [0.25, 0.3) is 0 Å². The molecule has 3 N–H and O–H groups in total. The van der Waals surface area contributed by atoms with Gasteiger partial charge in [-0.25, -0.2) is 29.9 Å². The van der Waals surface area contributed by atoms with E-state index in [0.717, 1.165) is 33.0 Å². The van der Waals surface area contributed by atoms with Gasteiger partial charge in [-0.1, -0.05) is 72.8 Å². The number of nitrogens with zero attached hydrogens (tertiary/aromatic N) is 7. The van der Waals surface area contributed by atoms with E-state index in [9.17, 15) is 10.4 Å². The summed E-state index contributed by atoms with van der Waals surface area (Å²) in [6, 6.07) is 28.8. The van der Waals surface area contributed by atoms with Crippen LogP contribution in [0.15, 0.2) is 84.9 Å². The Hall–Kier alpha value is -5.96. The van der Waals surface area contributed by atoms with Crippen molar-refractivity contribution >= 4 is 44.1 Å². The predicted octanol–water partition coefficient (Wildman–Crippen LogP) is 6.44. The maximum absolute atomic E-state index is 11.1. The van der Waals surface area contributed by atoms with Crippen LogP contribution in [0.1, 0.15) is 5.56 Å². The zero-order chi connectivity index (χ0) is 28.7. The summed E-state index contributed by atoms with van der Waals surface area (Å²) in [7, 11) is 0. The minimum Gasteiger partial charge on any atom is -0.506 e. The summed E-state index contributed by atoms with van der Waals surface area (Å²) in [6.45, 7) is 0. The van der Waals surface area contributed by atoms with Gasteiger partial charge in [0.1, 0.15) is 34.4 Å². The number of aromatic nitrogens is 8. The first-order valence-corrected chi connectivity index (χ1v) is 13.5. The zero-order valence-electron chi connectivity index (χ0n) is 22.5. The van der Waals surface area contributed by atoms with Crippen molar-refractivity contribution in [3.8, 4) is 57.4 Å². The van der Waals surface area contributed by atoms with Gasteiger partial charge in [-0.3, -0.25) is 0 Å². The topological polar surface area (TPSA) is 153 Å². The van der Waals surface area contributed by atoms with Crippen molar-refractivity contribution in [1.29, 1.82) is 5.26 Å². The molecule has 0 saturated heterocycles. The Morgan fingerprint density at radius 3 is 1.39 bits per heavy atom. The molecule has 0 fully saturated rings. The Bertz CT molecular complexity index is 2560. The first-order valence-electron chi connectivity index (χ1n) is 13.5. The Kier molecular flexibility index (Phi) is 5.57. The van der Waals surface area contributed by atoms with E-state index in [1.165, 1.54) is 0 Å². The molecule has 10 nitrogen and oxygen atoms in total. The van der Waals surface area contributed by atoms with Crippen LogP contribution in [0.25, 0.3) is 89.7 Å². The molecule has 0 spiro atoms. The zero-order valence-corrected chi connectivity index (χ0v) is 23.5. The quantitative estimate of drug-likeness (QED) is 0.176. The third-order valence-electron chi connectivity index (χ3n) is 7.81. The van der Waals surface area contributed by atoms with Gasteiger partial charge in [0, 0.05) is 55.2 Å². The Morgan fingerprint density at radius 1 is 0.500 bits per heavy atom. The van der Waals surface area contributed by atoms with Gasteiger partial charge < -0.3 is 15.1 Å². The van der Waals surface area contributed by atoms with Gasteiger partial charge in [-0.05, 0) is 12.1 Å². The van der Waals surface area contributed by atoms with E-state index in [2.05, 4.69) is 9.97 Å². The van der Waals surface area contributed by atoms with E-state index in [0.29, 0.717) is 56.7 Å². The van der Waals surface area contributed by atoms with Crippen molar-refractivity contribution < 1.29 is 21.9 Å². The summed E-state index contributed by atoms with van der Waals surface area (Å²) in [5, 5.41) is 23.6. The molecule has 11 heteroatoms. The molecule has 1 radical (unpaired) electrons. The number of fused-ring (bicyclic) bond motifs is 20. The van der Waals surface area contributed by atoms with Gasteiger partial charge in [0.15, 0.2) is 23.3 Å². The van der Waals surface area contributed by atoms with Crippen LogP contribution in [0.5, 0.6) is 5.75 Å². The number of phenolic OH excluding ortho intramolecular Hbond substituents is 1. The number of phenols is 1. The predicted molar refractivity (Wildman–Crippen MR) is 162 cm³/mol. The van der Waals surface area contributed by atoms with Crippen LogP contribution in [-0.4, -0.2) is 45.0 Å². The molecular weight excluding hydrogens is 597 g/mol. The molecule has 2 aliphatic heterocycles. The Labute approximate surface area is 258 Å². The molecule has 7 aromatic rings. The van der Waals surface area contributed by atoms with E-state index in [-0.39, 0.29) is 28.1 Å². The van der Waals surface area contributed by atoms with E-state index in [1.807, 2.05) is 78.9 Å². The van der Waals surface area contributed by atoms with Crippen LogP contribution in [0.3, 0.4) is 0 Å². The molecule has 209 valence electrons. The fourth-order valence-electron chi connectivity index (χ4n) is 5.80. The number of H-pyrrole nitrogens is 2. The average Bonchev–Trinajstić information content (AvgIpc) is 3.77. The van der Waals surface area contributed by atoms with Crippen molar-refractivity contribution in [2.45, 2.75) is 0 Å². The normalized spacial score (nSPS) is 11.5. The van der Waals surface area contributed by atoms with Gasteiger partial charge in [0.2, 0.25) is 0 Å². The van der Waals surface area contributed by atoms with Crippen molar-refractivity contribution in [2.75, 3.05) is 0 Å². The summed E-state index contributed by atoms with van der Waals surface area (Å²) in [4.78, 5) is 36.1. The second-order valence-electron chi connectivity index (χ2n) is 10.2. The summed E-state index contributed by atoms with van der Waals surface area (Å²) in [6.07, 6.45) is 0. The monoisotopic (exact) mass is 614 g/mol. The fourth-order valence-corrected chi connectivity index (χ4v) is 5.80. The molecule has 5 heterocycles. The fraction of sp³-hybridized carbons (Fsp3) is 0. The smallest absolute Gasteiger partial charge is 0.164 e. The van der Waals surface area contributed by atoms with Crippen molar-refractivity contribution in [3.05, 3.63) is 90.5 Å². The van der Waals surface area contributed by atoms with Crippen molar-refractivity contribution in [3.63, 3.8) is 0 Å². The van der Waals surface area contributed by atoms with Gasteiger partial charge in [-0.15, -0.1) is 0 Å². The third kappa shape index (κ3) is 3.65. The van der Waals surface area contributed by atoms with E-state index < -0.39 is 0 Å². The summed E-state index contributed by atoms with van der Waals surface area (Å²) in [5.74, 6) is 1.69. The number of nitriles is 1. The second-order valence-corrected chi connectivity index (χ2v) is 10.2. The number of aromatic amines is 2. The largest absolute Gasteiger partial charge is 0.506 e. The number of benzene rings is 4. The van der Waals surface area contributed by atoms with Crippen molar-refractivity contribution in [2.24, 2.45) is 0 Å². The molecule has 9 rings (SSSR count). The number of rotatable bonds is 0. The first kappa shape index (κ1) is 25.7. The molecule has 0 saturated carbocycles. The standard InChI is InChI=1S/C33H17N9O.Co/c34-15-16-13-14-23-24(25(16)43)33-41-31-22-12-6-5-11-21(22)29(39-31)37-27-18-8-2-1-7-17(18)26(35-27)36-28-19-9-3-4-10-20(19)30(38-28)40-32(23)42-33;/h1-14,43H,(H2,35,36,37,38,39,40,41,42);. The van der Waals surface area contributed by atoms with Crippen LogP contribution in [-0.2, 0) is 16.8 Å². The number of hydrogen-bond donors (Lipinski definition) is 3. The van der Waals surface area contributed by atoms with Crippen LogP contribution >= 0.6 is 0 Å². The molecule has 0 aliphatic carbocycles. The molecule has 44 heavy (non-hydrogen) atoms. The summed E-state index contributed by atoms with van der Waals surface area (Å²) >= 11 is 0. The van der Waals surface area contributed by atoms with Gasteiger partial charge >= 0.3 is 0 Å². The maximum Gasteiger partial charge on any atom is 0.164 e. The SMILES string of the molecule is N#Cc1ccc2c3nc4nc(nc5[nH]c(nc6nc(nc([nH]3)c2c1O)-c1ccccc1-6)c1ccccc51)-c1ccccc1-4.[Co]. The van der Waals surface area contributed by atoms with Crippen molar-refractivity contribution in [1.82, 2.24) is 39.9 Å². The number of nitrogens with one attached hydrogen (secondary N) is 2. The van der Waals surface area contributed by atoms with Crippen LogP contribution in [0.4, 0.5) is 0 Å². The van der Waals surface area contributed by atoms with Crippen LogP contribution in [0.2, 0.25) is 0 Å². The van der Waals surface area contributed by atoms with Crippen LogP contribution in [0, 0.1) is 11.3 Å². The summed E-state index contributed by atoms with van der Waals surface area (Å²) < 4.78 is 0.